The van der Waals surface area contributed by atoms with Gasteiger partial charge in [-0.2, -0.15) is 0 Å². The van der Waals surface area contributed by atoms with E-state index in [4.69, 9.17) is 0 Å². The normalized spacial score (nSPS) is 22.1. The third-order valence-electron chi connectivity index (χ3n) is 6.54. The lowest BCUT2D eigenvalue weighted by Crippen LogP contribution is -2.18. The molecular formula is C24H38S2. The molecular weight excluding hydrogens is 352 g/mol. The van der Waals surface area contributed by atoms with E-state index in [1.54, 1.807) is 19.2 Å². The summed E-state index contributed by atoms with van der Waals surface area (Å²) in [5.41, 5.74) is 0. The highest BCUT2D eigenvalue weighted by Crippen LogP contribution is 2.44. The van der Waals surface area contributed by atoms with Crippen molar-refractivity contribution in [2.24, 2.45) is 11.8 Å². The summed E-state index contributed by atoms with van der Waals surface area (Å²) in [6.45, 7) is 7.09. The van der Waals surface area contributed by atoms with Crippen LogP contribution in [0.15, 0.2) is 12.1 Å². The van der Waals surface area contributed by atoms with Crippen molar-refractivity contribution in [2.45, 2.75) is 104 Å². The topological polar surface area (TPSA) is 0 Å². The van der Waals surface area contributed by atoms with Crippen molar-refractivity contribution in [3.63, 3.8) is 0 Å². The summed E-state index contributed by atoms with van der Waals surface area (Å²) in [6.07, 6.45) is 17.1. The molecule has 1 atom stereocenters. The minimum absolute atomic E-state index is 0.764. The van der Waals surface area contributed by atoms with Crippen molar-refractivity contribution in [1.82, 2.24) is 0 Å². The van der Waals surface area contributed by atoms with Crippen LogP contribution in [0.1, 0.15) is 107 Å². The number of hydrogen-bond donors (Lipinski definition) is 0. The molecule has 26 heavy (non-hydrogen) atoms. The molecule has 2 heterocycles. The van der Waals surface area contributed by atoms with E-state index in [1.165, 1.54) is 77.0 Å². The second-order valence-corrected chi connectivity index (χ2v) is 10.9. The van der Waals surface area contributed by atoms with E-state index >= 15 is 0 Å². The first-order chi connectivity index (χ1) is 12.7. The molecule has 1 aliphatic rings. The maximum Gasteiger partial charge on any atom is 0.0456 e. The lowest BCUT2D eigenvalue weighted by Gasteiger charge is -2.32. The van der Waals surface area contributed by atoms with Crippen molar-refractivity contribution in [2.75, 3.05) is 0 Å². The van der Waals surface area contributed by atoms with Crippen LogP contribution >= 0.6 is 22.7 Å². The summed E-state index contributed by atoms with van der Waals surface area (Å²) >= 11 is 4.11. The van der Waals surface area contributed by atoms with Crippen LogP contribution in [0.25, 0.3) is 9.40 Å². The first-order valence-electron chi connectivity index (χ1n) is 11.2. The van der Waals surface area contributed by atoms with Gasteiger partial charge in [-0.3, -0.25) is 0 Å². The Kier molecular flexibility index (Phi) is 8.06. The molecule has 2 aromatic rings. The van der Waals surface area contributed by atoms with Crippen LogP contribution in [0.3, 0.4) is 0 Å². The van der Waals surface area contributed by atoms with E-state index < -0.39 is 0 Å². The number of aryl methyl sites for hydroxylation is 1. The molecule has 0 N–H and O–H groups in total. The molecule has 0 spiro atoms. The van der Waals surface area contributed by atoms with Crippen molar-refractivity contribution >= 4 is 32.1 Å². The van der Waals surface area contributed by atoms with Gasteiger partial charge in [0, 0.05) is 19.2 Å². The molecule has 1 unspecified atom stereocenters. The minimum Gasteiger partial charge on any atom is -0.139 e. The number of thiophene rings is 2. The highest BCUT2D eigenvalue weighted by atomic mass is 32.1. The summed E-state index contributed by atoms with van der Waals surface area (Å²) in [5, 5.41) is 0. The van der Waals surface area contributed by atoms with E-state index in [9.17, 15) is 0 Å². The lowest BCUT2D eigenvalue weighted by molar-refractivity contribution is 0.237. The summed E-state index contributed by atoms with van der Waals surface area (Å²) in [5.74, 6) is 2.72. The zero-order chi connectivity index (χ0) is 18.4. The Morgan fingerprint density at radius 3 is 2.31 bits per heavy atom. The molecule has 0 bridgehead atoms. The fourth-order valence-corrected chi connectivity index (χ4v) is 7.42. The number of rotatable bonds is 10. The smallest absolute Gasteiger partial charge is 0.0456 e. The molecule has 1 aliphatic carbocycles. The second kappa shape index (κ2) is 10.3. The largest absolute Gasteiger partial charge is 0.139 e. The zero-order valence-electron chi connectivity index (χ0n) is 17.2. The first kappa shape index (κ1) is 20.4. The molecule has 0 aliphatic heterocycles. The maximum absolute atomic E-state index is 2.52. The van der Waals surface area contributed by atoms with Gasteiger partial charge in [-0.15, -0.1) is 22.7 Å². The minimum atomic E-state index is 0.764. The standard InChI is InChI=1S/C24H38S2/c1-4-6-7-8-9-11-19-12-14-20(15-13-19)18(3)22-17-24-23(26-22)16-21(25-24)10-5-2/h16-20H,4-15H2,1-3H3. The van der Waals surface area contributed by atoms with E-state index in [-0.39, 0.29) is 0 Å². The summed E-state index contributed by atoms with van der Waals surface area (Å²) < 4.78 is 3.09. The van der Waals surface area contributed by atoms with Crippen LogP contribution in [0.2, 0.25) is 0 Å². The molecule has 1 saturated carbocycles. The van der Waals surface area contributed by atoms with Gasteiger partial charge >= 0.3 is 0 Å². The Hall–Kier alpha value is -0.340. The molecule has 1 fully saturated rings. The molecule has 0 nitrogen and oxygen atoms in total. The van der Waals surface area contributed by atoms with Crippen LogP contribution in [-0.2, 0) is 6.42 Å². The van der Waals surface area contributed by atoms with Crippen molar-refractivity contribution in [3.05, 3.63) is 21.9 Å². The van der Waals surface area contributed by atoms with Gasteiger partial charge in [0.15, 0.2) is 0 Å². The SMILES string of the molecule is CCCCCCCC1CCC(C(C)c2cc3sc(CCC)cc3s2)CC1. The Labute approximate surface area is 169 Å². The number of unbranched alkanes of at least 4 members (excludes halogenated alkanes) is 4. The van der Waals surface area contributed by atoms with Gasteiger partial charge in [-0.1, -0.05) is 78.6 Å². The molecule has 0 radical (unpaired) electrons. The van der Waals surface area contributed by atoms with Crippen LogP contribution < -0.4 is 0 Å². The van der Waals surface area contributed by atoms with Crippen LogP contribution in [0.5, 0.6) is 0 Å². The van der Waals surface area contributed by atoms with Crippen LogP contribution in [0, 0.1) is 11.8 Å². The van der Waals surface area contributed by atoms with Gasteiger partial charge in [0.1, 0.15) is 0 Å². The van der Waals surface area contributed by atoms with Crippen molar-refractivity contribution in [3.8, 4) is 0 Å². The number of fused-ring (bicyclic) bond motifs is 1. The monoisotopic (exact) mass is 390 g/mol. The Bertz CT molecular complexity index is 611. The third kappa shape index (κ3) is 5.35. The molecule has 0 amide bonds. The van der Waals surface area contributed by atoms with Crippen LogP contribution in [-0.4, -0.2) is 0 Å². The molecule has 2 heteroatoms. The van der Waals surface area contributed by atoms with Crippen molar-refractivity contribution < 1.29 is 0 Å². The molecule has 2 aromatic heterocycles. The zero-order valence-corrected chi connectivity index (χ0v) is 18.8. The predicted octanol–water partition coefficient (Wildman–Crippen LogP) is 9.19. The summed E-state index contributed by atoms with van der Waals surface area (Å²) in [6, 6.07) is 4.98. The lowest BCUT2D eigenvalue weighted by atomic mass is 9.74. The highest BCUT2D eigenvalue weighted by Gasteiger charge is 2.27. The first-order valence-corrected chi connectivity index (χ1v) is 12.9. The Balaban J connectivity index is 1.45. The molecule has 0 aromatic carbocycles. The quantitative estimate of drug-likeness (QED) is 0.355. The van der Waals surface area contributed by atoms with Crippen LogP contribution in [0.4, 0.5) is 0 Å². The Morgan fingerprint density at radius 2 is 1.62 bits per heavy atom. The number of hydrogen-bond acceptors (Lipinski definition) is 2. The summed E-state index contributed by atoms with van der Waals surface area (Å²) in [7, 11) is 0. The molecule has 146 valence electrons. The Morgan fingerprint density at radius 1 is 0.885 bits per heavy atom. The maximum atomic E-state index is 2.52. The predicted molar refractivity (Wildman–Crippen MR) is 121 cm³/mol. The molecule has 3 rings (SSSR count). The van der Waals surface area contributed by atoms with Gasteiger partial charge < -0.3 is 0 Å². The van der Waals surface area contributed by atoms with E-state index in [0.717, 1.165) is 17.8 Å². The molecule has 0 saturated heterocycles. The summed E-state index contributed by atoms with van der Waals surface area (Å²) in [4.78, 5) is 3.23. The highest BCUT2D eigenvalue weighted by molar-refractivity contribution is 7.27. The van der Waals surface area contributed by atoms with E-state index in [1.807, 2.05) is 11.3 Å². The fourth-order valence-electron chi connectivity index (χ4n) is 4.74. The second-order valence-electron chi connectivity index (χ2n) is 8.61. The van der Waals surface area contributed by atoms with Gasteiger partial charge in [0.2, 0.25) is 0 Å². The van der Waals surface area contributed by atoms with Gasteiger partial charge in [0.25, 0.3) is 0 Å². The van der Waals surface area contributed by atoms with Gasteiger partial charge in [0.05, 0.1) is 0 Å². The average Bonchev–Trinajstić information content (AvgIpc) is 3.20. The van der Waals surface area contributed by atoms with Gasteiger partial charge in [-0.25, -0.2) is 0 Å². The van der Waals surface area contributed by atoms with E-state index in [2.05, 4.69) is 44.2 Å². The van der Waals surface area contributed by atoms with Crippen molar-refractivity contribution in [1.29, 1.82) is 0 Å². The van der Waals surface area contributed by atoms with E-state index in [0.29, 0.717) is 0 Å². The third-order valence-corrected chi connectivity index (χ3v) is 9.09. The fraction of sp³-hybridized carbons (Fsp3) is 0.750. The average molecular weight is 391 g/mol. The van der Waals surface area contributed by atoms with Gasteiger partial charge in [-0.05, 0) is 49.1 Å².